The molecule has 0 amide bonds. The lowest BCUT2D eigenvalue weighted by molar-refractivity contribution is 0.600. The van der Waals surface area contributed by atoms with Crippen LogP contribution in [0.4, 0.5) is 4.39 Å². The molecular weight excluding hydrogens is 227 g/mol. The fourth-order valence-electron chi connectivity index (χ4n) is 1.50. The highest BCUT2D eigenvalue weighted by Gasteiger charge is 2.15. The summed E-state index contributed by atoms with van der Waals surface area (Å²) in [6, 6.07) is 7.81. The van der Waals surface area contributed by atoms with E-state index >= 15 is 0 Å². The Morgan fingerprint density at radius 1 is 1.25 bits per heavy atom. The van der Waals surface area contributed by atoms with Crippen LogP contribution in [0.3, 0.4) is 0 Å². The number of nitrogens with two attached hydrogens (primary N) is 1. The molecule has 0 fully saturated rings. The smallest absolute Gasteiger partial charge is 0.146 e. The minimum Gasteiger partial charge on any atom is -0.320 e. The first kappa shape index (κ1) is 11.0. The molecule has 1 atom stereocenters. The van der Waals surface area contributed by atoms with E-state index < -0.39 is 11.9 Å². The summed E-state index contributed by atoms with van der Waals surface area (Å²) in [5.74, 6) is -0.472. The molecule has 4 heteroatoms. The molecule has 0 bridgehead atoms. The molecule has 16 heavy (non-hydrogen) atoms. The van der Waals surface area contributed by atoms with E-state index in [1.54, 1.807) is 36.7 Å². The third-order valence-corrected chi connectivity index (χ3v) is 2.65. The average Bonchev–Trinajstić information content (AvgIpc) is 2.33. The summed E-state index contributed by atoms with van der Waals surface area (Å²) < 4.78 is 13.7. The van der Waals surface area contributed by atoms with Crippen LogP contribution in [0.25, 0.3) is 0 Å². The summed E-state index contributed by atoms with van der Waals surface area (Å²) in [5, 5.41) is 0.0804. The zero-order chi connectivity index (χ0) is 11.5. The SMILES string of the molecule is NC(c1cccnc1)c1cccc(Cl)c1F. The first-order chi connectivity index (χ1) is 7.70. The zero-order valence-electron chi connectivity index (χ0n) is 8.40. The van der Waals surface area contributed by atoms with Gasteiger partial charge >= 0.3 is 0 Å². The Kier molecular flexibility index (Phi) is 3.17. The fraction of sp³-hybridized carbons (Fsp3) is 0.0833. The topological polar surface area (TPSA) is 38.9 Å². The molecule has 2 nitrogen and oxygen atoms in total. The summed E-state index contributed by atoms with van der Waals surface area (Å²) in [5.41, 5.74) is 7.08. The van der Waals surface area contributed by atoms with Crippen LogP contribution in [0.1, 0.15) is 17.2 Å². The number of hydrogen-bond acceptors (Lipinski definition) is 2. The van der Waals surface area contributed by atoms with Gasteiger partial charge in [-0.15, -0.1) is 0 Å². The van der Waals surface area contributed by atoms with E-state index in [0.29, 0.717) is 5.56 Å². The Bertz CT molecular complexity index is 488. The second kappa shape index (κ2) is 4.60. The van der Waals surface area contributed by atoms with Crippen molar-refractivity contribution < 1.29 is 4.39 Å². The Hall–Kier alpha value is -1.45. The molecule has 0 saturated heterocycles. The van der Waals surface area contributed by atoms with E-state index in [-0.39, 0.29) is 5.02 Å². The third-order valence-electron chi connectivity index (χ3n) is 2.36. The molecule has 1 heterocycles. The lowest BCUT2D eigenvalue weighted by Crippen LogP contribution is -2.13. The molecule has 0 saturated carbocycles. The van der Waals surface area contributed by atoms with Crippen molar-refractivity contribution in [1.29, 1.82) is 0 Å². The van der Waals surface area contributed by atoms with Crippen molar-refractivity contribution >= 4 is 11.6 Å². The maximum Gasteiger partial charge on any atom is 0.146 e. The summed E-state index contributed by atoms with van der Waals surface area (Å²) >= 11 is 5.70. The number of nitrogens with zero attached hydrogens (tertiary/aromatic N) is 1. The number of hydrogen-bond donors (Lipinski definition) is 1. The first-order valence-electron chi connectivity index (χ1n) is 4.79. The Morgan fingerprint density at radius 2 is 2.06 bits per heavy atom. The van der Waals surface area contributed by atoms with Gasteiger partial charge in [-0.1, -0.05) is 29.8 Å². The quantitative estimate of drug-likeness (QED) is 0.871. The van der Waals surface area contributed by atoms with Gasteiger partial charge in [-0.2, -0.15) is 0 Å². The Morgan fingerprint density at radius 3 is 2.75 bits per heavy atom. The predicted octanol–water partition coefficient (Wildman–Crippen LogP) is 2.92. The van der Waals surface area contributed by atoms with Gasteiger partial charge in [0, 0.05) is 18.0 Å². The van der Waals surface area contributed by atoms with Gasteiger partial charge < -0.3 is 5.73 Å². The van der Waals surface area contributed by atoms with Gasteiger partial charge in [-0.25, -0.2) is 4.39 Å². The highest BCUT2D eigenvalue weighted by Crippen LogP contribution is 2.25. The van der Waals surface area contributed by atoms with Gasteiger partial charge in [0.25, 0.3) is 0 Å². The van der Waals surface area contributed by atoms with Crippen molar-refractivity contribution in [3.05, 3.63) is 64.7 Å². The van der Waals surface area contributed by atoms with Crippen molar-refractivity contribution in [2.24, 2.45) is 5.73 Å². The maximum absolute atomic E-state index is 13.7. The van der Waals surface area contributed by atoms with Crippen LogP contribution in [-0.4, -0.2) is 4.98 Å². The number of pyridine rings is 1. The molecule has 82 valence electrons. The molecular formula is C12H10ClFN2. The van der Waals surface area contributed by atoms with E-state index in [9.17, 15) is 4.39 Å². The molecule has 0 aliphatic rings. The fourth-order valence-corrected chi connectivity index (χ4v) is 1.68. The summed E-state index contributed by atoms with van der Waals surface area (Å²) in [4.78, 5) is 3.95. The van der Waals surface area contributed by atoms with Crippen molar-refractivity contribution in [3.63, 3.8) is 0 Å². The lowest BCUT2D eigenvalue weighted by Gasteiger charge is -2.13. The van der Waals surface area contributed by atoms with Crippen molar-refractivity contribution in [1.82, 2.24) is 4.98 Å². The molecule has 0 aliphatic carbocycles. The van der Waals surface area contributed by atoms with Crippen LogP contribution in [0.5, 0.6) is 0 Å². The van der Waals surface area contributed by atoms with Gasteiger partial charge in [0.05, 0.1) is 11.1 Å². The van der Waals surface area contributed by atoms with Crippen molar-refractivity contribution in [3.8, 4) is 0 Å². The van der Waals surface area contributed by atoms with Gasteiger partial charge in [0.2, 0.25) is 0 Å². The molecule has 1 aromatic carbocycles. The molecule has 0 aliphatic heterocycles. The highest BCUT2D eigenvalue weighted by atomic mass is 35.5. The number of aromatic nitrogens is 1. The molecule has 2 aromatic rings. The van der Waals surface area contributed by atoms with Crippen molar-refractivity contribution in [2.45, 2.75) is 6.04 Å². The normalized spacial score (nSPS) is 12.4. The molecule has 1 aromatic heterocycles. The molecule has 0 radical (unpaired) electrons. The maximum atomic E-state index is 13.7. The van der Waals surface area contributed by atoms with E-state index in [4.69, 9.17) is 17.3 Å². The standard InChI is InChI=1S/C12H10ClFN2/c13-10-5-1-4-9(11(10)14)12(15)8-3-2-6-16-7-8/h1-7,12H,15H2. The summed E-state index contributed by atoms with van der Waals surface area (Å²) in [6.45, 7) is 0. The summed E-state index contributed by atoms with van der Waals surface area (Å²) in [7, 11) is 0. The first-order valence-corrected chi connectivity index (χ1v) is 5.17. The predicted molar refractivity (Wildman–Crippen MR) is 61.7 cm³/mol. The zero-order valence-corrected chi connectivity index (χ0v) is 9.16. The highest BCUT2D eigenvalue weighted by molar-refractivity contribution is 6.30. The van der Waals surface area contributed by atoms with E-state index in [2.05, 4.69) is 4.98 Å². The second-order valence-electron chi connectivity index (χ2n) is 3.41. The van der Waals surface area contributed by atoms with E-state index in [1.807, 2.05) is 0 Å². The second-order valence-corrected chi connectivity index (χ2v) is 3.81. The van der Waals surface area contributed by atoms with E-state index in [0.717, 1.165) is 5.56 Å². The Labute approximate surface area is 97.9 Å². The van der Waals surface area contributed by atoms with Crippen LogP contribution in [-0.2, 0) is 0 Å². The van der Waals surface area contributed by atoms with E-state index in [1.165, 1.54) is 6.07 Å². The monoisotopic (exact) mass is 236 g/mol. The van der Waals surface area contributed by atoms with Gasteiger partial charge in [0.15, 0.2) is 0 Å². The summed E-state index contributed by atoms with van der Waals surface area (Å²) in [6.07, 6.45) is 3.26. The largest absolute Gasteiger partial charge is 0.320 e. The van der Waals surface area contributed by atoms with Crippen LogP contribution >= 0.6 is 11.6 Å². The lowest BCUT2D eigenvalue weighted by atomic mass is 10.0. The number of benzene rings is 1. The van der Waals surface area contributed by atoms with Gasteiger partial charge in [0.1, 0.15) is 5.82 Å². The molecule has 2 rings (SSSR count). The third kappa shape index (κ3) is 2.05. The Balaban J connectivity index is 2.42. The molecule has 1 unspecified atom stereocenters. The van der Waals surface area contributed by atoms with Crippen LogP contribution in [0.2, 0.25) is 5.02 Å². The number of halogens is 2. The van der Waals surface area contributed by atoms with Crippen LogP contribution in [0, 0.1) is 5.82 Å². The van der Waals surface area contributed by atoms with Gasteiger partial charge in [-0.05, 0) is 17.7 Å². The minimum atomic E-state index is -0.549. The van der Waals surface area contributed by atoms with Crippen LogP contribution < -0.4 is 5.73 Å². The van der Waals surface area contributed by atoms with Gasteiger partial charge in [-0.3, -0.25) is 4.98 Å². The molecule has 0 spiro atoms. The molecule has 2 N–H and O–H groups in total. The average molecular weight is 237 g/mol. The van der Waals surface area contributed by atoms with Crippen molar-refractivity contribution in [2.75, 3.05) is 0 Å². The minimum absolute atomic E-state index is 0.0804. The number of rotatable bonds is 2. The van der Waals surface area contributed by atoms with Crippen LogP contribution in [0.15, 0.2) is 42.7 Å².